The number of likely N-dealkylation sites (tertiary alicyclic amines) is 1. The molecule has 16 heavy (non-hydrogen) atoms. The average Bonchev–Trinajstić information content (AvgIpc) is 2.28. The van der Waals surface area contributed by atoms with Gasteiger partial charge >= 0.3 is 0 Å². The number of carbonyl (C=O) groups is 1. The van der Waals surface area contributed by atoms with Crippen LogP contribution in [0.3, 0.4) is 0 Å². The Bertz CT molecular complexity index is 392. The second kappa shape index (κ2) is 4.60. The zero-order chi connectivity index (χ0) is 11.5. The Morgan fingerprint density at radius 3 is 3.00 bits per heavy atom. The molecular formula is C12H17N3O. The summed E-state index contributed by atoms with van der Waals surface area (Å²) in [6, 6.07) is 1.75. The number of amides is 1. The first-order valence-electron chi connectivity index (χ1n) is 5.74. The molecule has 2 rings (SSSR count). The maximum Gasteiger partial charge on any atom is 0.272 e. The van der Waals surface area contributed by atoms with Crippen molar-refractivity contribution >= 4 is 5.91 Å². The number of carbonyl (C=O) groups excluding carboxylic acids is 1. The molecular weight excluding hydrogens is 202 g/mol. The molecule has 4 nitrogen and oxygen atoms in total. The molecule has 1 amide bonds. The van der Waals surface area contributed by atoms with E-state index in [0.717, 1.165) is 25.2 Å². The Morgan fingerprint density at radius 1 is 1.50 bits per heavy atom. The second-order valence-corrected chi connectivity index (χ2v) is 4.54. The average molecular weight is 219 g/mol. The van der Waals surface area contributed by atoms with E-state index >= 15 is 0 Å². The van der Waals surface area contributed by atoms with Crippen molar-refractivity contribution < 1.29 is 4.79 Å². The topological polar surface area (TPSA) is 46.1 Å². The smallest absolute Gasteiger partial charge is 0.272 e. The van der Waals surface area contributed by atoms with Crippen molar-refractivity contribution in [2.24, 2.45) is 5.92 Å². The highest BCUT2D eigenvalue weighted by Gasteiger charge is 2.22. The van der Waals surface area contributed by atoms with Crippen molar-refractivity contribution in [2.75, 3.05) is 13.1 Å². The monoisotopic (exact) mass is 219 g/mol. The molecule has 1 aromatic heterocycles. The number of hydrogen-bond donors (Lipinski definition) is 0. The highest BCUT2D eigenvalue weighted by Crippen LogP contribution is 2.17. The fourth-order valence-corrected chi connectivity index (χ4v) is 2.11. The fourth-order valence-electron chi connectivity index (χ4n) is 2.11. The predicted octanol–water partition coefficient (Wildman–Crippen LogP) is 1.66. The van der Waals surface area contributed by atoms with Gasteiger partial charge in [-0.2, -0.15) is 0 Å². The molecule has 0 aliphatic carbocycles. The number of piperidine rings is 1. The van der Waals surface area contributed by atoms with Gasteiger partial charge in [0, 0.05) is 18.8 Å². The molecule has 0 N–H and O–H groups in total. The van der Waals surface area contributed by atoms with E-state index in [-0.39, 0.29) is 5.91 Å². The molecule has 1 atom stereocenters. The summed E-state index contributed by atoms with van der Waals surface area (Å²) in [6.07, 6.45) is 3.76. The standard InChI is InChI=1S/C12H17N3O/c1-9-4-3-5-15(7-9)12(16)11-6-10(2)13-8-14-11/h6,8-9H,3-5,7H2,1-2H3. The van der Waals surface area contributed by atoms with Crippen LogP contribution in [0.25, 0.3) is 0 Å². The van der Waals surface area contributed by atoms with E-state index in [4.69, 9.17) is 0 Å². The largest absolute Gasteiger partial charge is 0.337 e. The fraction of sp³-hybridized carbons (Fsp3) is 0.583. The van der Waals surface area contributed by atoms with Crippen LogP contribution in [0.15, 0.2) is 12.4 Å². The first-order chi connectivity index (χ1) is 7.66. The van der Waals surface area contributed by atoms with E-state index in [1.165, 1.54) is 12.7 Å². The van der Waals surface area contributed by atoms with Gasteiger partial charge in [0.05, 0.1) is 0 Å². The third-order valence-corrected chi connectivity index (χ3v) is 2.97. The third kappa shape index (κ3) is 2.38. The van der Waals surface area contributed by atoms with Gasteiger partial charge in [-0.15, -0.1) is 0 Å². The molecule has 2 heterocycles. The van der Waals surface area contributed by atoms with Crippen molar-refractivity contribution in [3.05, 3.63) is 23.8 Å². The summed E-state index contributed by atoms with van der Waals surface area (Å²) in [4.78, 5) is 22.1. The summed E-state index contributed by atoms with van der Waals surface area (Å²) in [6.45, 7) is 5.76. The lowest BCUT2D eigenvalue weighted by molar-refractivity contribution is 0.0676. The molecule has 0 aromatic carbocycles. The van der Waals surface area contributed by atoms with Gasteiger partial charge in [0.1, 0.15) is 12.0 Å². The van der Waals surface area contributed by atoms with Crippen molar-refractivity contribution in [2.45, 2.75) is 26.7 Å². The van der Waals surface area contributed by atoms with Gasteiger partial charge in [-0.3, -0.25) is 4.79 Å². The Kier molecular flexibility index (Phi) is 3.17. The molecule has 4 heteroatoms. The van der Waals surface area contributed by atoms with Crippen LogP contribution in [-0.2, 0) is 0 Å². The quantitative estimate of drug-likeness (QED) is 0.721. The van der Waals surface area contributed by atoms with Crippen LogP contribution >= 0.6 is 0 Å². The molecule has 1 saturated heterocycles. The molecule has 0 bridgehead atoms. The molecule has 1 unspecified atom stereocenters. The zero-order valence-corrected chi connectivity index (χ0v) is 9.81. The first kappa shape index (κ1) is 11.0. The zero-order valence-electron chi connectivity index (χ0n) is 9.81. The van der Waals surface area contributed by atoms with Crippen LogP contribution in [0.5, 0.6) is 0 Å². The maximum absolute atomic E-state index is 12.1. The van der Waals surface area contributed by atoms with E-state index in [1.54, 1.807) is 6.07 Å². The van der Waals surface area contributed by atoms with Gasteiger partial charge in [0.2, 0.25) is 0 Å². The lowest BCUT2D eigenvalue weighted by Gasteiger charge is -2.30. The van der Waals surface area contributed by atoms with Crippen molar-refractivity contribution in [1.82, 2.24) is 14.9 Å². The lowest BCUT2D eigenvalue weighted by atomic mass is 10.00. The number of hydrogen-bond acceptors (Lipinski definition) is 3. The molecule has 1 fully saturated rings. The Labute approximate surface area is 95.7 Å². The molecule has 1 aromatic rings. The number of rotatable bonds is 1. The highest BCUT2D eigenvalue weighted by molar-refractivity contribution is 5.92. The van der Waals surface area contributed by atoms with Gasteiger partial charge in [-0.25, -0.2) is 9.97 Å². The molecule has 86 valence electrons. The summed E-state index contributed by atoms with van der Waals surface area (Å²) >= 11 is 0. The van der Waals surface area contributed by atoms with Gasteiger partial charge in [-0.1, -0.05) is 6.92 Å². The van der Waals surface area contributed by atoms with Crippen molar-refractivity contribution in [3.8, 4) is 0 Å². The van der Waals surface area contributed by atoms with Crippen molar-refractivity contribution in [3.63, 3.8) is 0 Å². The summed E-state index contributed by atoms with van der Waals surface area (Å²) in [5.74, 6) is 0.637. The van der Waals surface area contributed by atoms with Crippen LogP contribution in [0.1, 0.15) is 35.9 Å². The van der Waals surface area contributed by atoms with E-state index in [2.05, 4.69) is 16.9 Å². The lowest BCUT2D eigenvalue weighted by Crippen LogP contribution is -2.39. The van der Waals surface area contributed by atoms with Gasteiger partial charge in [0.15, 0.2) is 0 Å². The molecule has 0 spiro atoms. The molecule has 0 radical (unpaired) electrons. The normalized spacial score (nSPS) is 20.9. The minimum atomic E-state index is 0.0389. The number of nitrogens with zero attached hydrogens (tertiary/aromatic N) is 3. The summed E-state index contributed by atoms with van der Waals surface area (Å²) in [5.41, 5.74) is 1.35. The second-order valence-electron chi connectivity index (χ2n) is 4.54. The van der Waals surface area contributed by atoms with E-state index in [9.17, 15) is 4.79 Å². The minimum Gasteiger partial charge on any atom is -0.337 e. The summed E-state index contributed by atoms with van der Waals surface area (Å²) in [7, 11) is 0. The van der Waals surface area contributed by atoms with Gasteiger partial charge < -0.3 is 4.90 Å². The van der Waals surface area contributed by atoms with Crippen LogP contribution in [-0.4, -0.2) is 33.9 Å². The number of aromatic nitrogens is 2. The van der Waals surface area contributed by atoms with Gasteiger partial charge in [0.25, 0.3) is 5.91 Å². The van der Waals surface area contributed by atoms with Crippen molar-refractivity contribution in [1.29, 1.82) is 0 Å². The first-order valence-corrected chi connectivity index (χ1v) is 5.74. The predicted molar refractivity (Wildman–Crippen MR) is 61.1 cm³/mol. The summed E-state index contributed by atoms with van der Waals surface area (Å²) < 4.78 is 0. The Morgan fingerprint density at radius 2 is 2.31 bits per heavy atom. The van der Waals surface area contributed by atoms with E-state index in [1.807, 2.05) is 11.8 Å². The molecule has 0 saturated carbocycles. The van der Waals surface area contributed by atoms with Crippen LogP contribution in [0.2, 0.25) is 0 Å². The van der Waals surface area contributed by atoms with Crippen LogP contribution < -0.4 is 0 Å². The SMILES string of the molecule is Cc1cc(C(=O)N2CCCC(C)C2)ncn1. The van der Waals surface area contributed by atoms with Crippen LogP contribution in [0.4, 0.5) is 0 Å². The third-order valence-electron chi connectivity index (χ3n) is 2.97. The minimum absolute atomic E-state index is 0.0389. The van der Waals surface area contributed by atoms with E-state index < -0.39 is 0 Å². The van der Waals surface area contributed by atoms with E-state index in [0.29, 0.717) is 11.6 Å². The molecule has 1 aliphatic heterocycles. The molecule has 1 aliphatic rings. The summed E-state index contributed by atoms with van der Waals surface area (Å²) in [5, 5.41) is 0. The van der Waals surface area contributed by atoms with Gasteiger partial charge in [-0.05, 0) is 31.7 Å². The number of aryl methyl sites for hydroxylation is 1. The Hall–Kier alpha value is -1.45. The Balaban J connectivity index is 2.12. The van der Waals surface area contributed by atoms with Crippen LogP contribution in [0, 0.1) is 12.8 Å². The maximum atomic E-state index is 12.1. The highest BCUT2D eigenvalue weighted by atomic mass is 16.2.